The van der Waals surface area contributed by atoms with E-state index in [1.807, 2.05) is 6.07 Å². The number of anilines is 3. The monoisotopic (exact) mass is 333 g/mol. The minimum absolute atomic E-state index is 1.15. The molecular formula is C24H20BN. The first-order valence-corrected chi connectivity index (χ1v) is 8.88. The third kappa shape index (κ3) is 3.40. The van der Waals surface area contributed by atoms with Crippen LogP contribution in [0, 0.1) is 0 Å². The topological polar surface area (TPSA) is 3.24 Å². The Hall–Kier alpha value is -3.26. The molecule has 0 aliphatic rings. The highest BCUT2D eigenvalue weighted by atomic mass is 15.1. The van der Waals surface area contributed by atoms with E-state index in [-0.39, 0.29) is 0 Å². The standard InChI is InChI=1S/C24H20BN/c25-21-10-7-13-24(18-21)26(22-11-5-2-6-12-22)23-16-14-20(15-17-23)19-8-3-1-4-9-19/h1-18H,25H2. The van der Waals surface area contributed by atoms with Crippen LogP contribution in [0.4, 0.5) is 17.1 Å². The molecule has 0 N–H and O–H groups in total. The second kappa shape index (κ2) is 7.32. The second-order valence-electron chi connectivity index (χ2n) is 6.42. The van der Waals surface area contributed by atoms with Gasteiger partial charge in [0.25, 0.3) is 0 Å². The zero-order chi connectivity index (χ0) is 17.8. The van der Waals surface area contributed by atoms with Gasteiger partial charge in [-0.15, -0.1) is 0 Å². The summed E-state index contributed by atoms with van der Waals surface area (Å²) >= 11 is 0. The lowest BCUT2D eigenvalue weighted by atomic mass is 9.95. The SMILES string of the molecule is Bc1cccc(N(c2ccccc2)c2ccc(-c3ccccc3)cc2)c1. The predicted molar refractivity (Wildman–Crippen MR) is 115 cm³/mol. The molecule has 0 aromatic heterocycles. The molecule has 0 aliphatic heterocycles. The molecule has 4 aromatic rings. The van der Waals surface area contributed by atoms with Gasteiger partial charge in [0.2, 0.25) is 0 Å². The lowest BCUT2D eigenvalue weighted by molar-refractivity contribution is 1.29. The Morgan fingerprint density at radius 3 is 1.65 bits per heavy atom. The number of benzene rings is 4. The van der Waals surface area contributed by atoms with Crippen LogP contribution in [0.25, 0.3) is 11.1 Å². The van der Waals surface area contributed by atoms with Crippen LogP contribution in [0.3, 0.4) is 0 Å². The van der Waals surface area contributed by atoms with Crippen LogP contribution in [0.1, 0.15) is 0 Å². The largest absolute Gasteiger partial charge is 0.311 e. The lowest BCUT2D eigenvalue weighted by Crippen LogP contribution is -2.12. The molecule has 0 amide bonds. The fourth-order valence-corrected chi connectivity index (χ4v) is 3.22. The van der Waals surface area contributed by atoms with Crippen molar-refractivity contribution in [2.75, 3.05) is 4.90 Å². The maximum atomic E-state index is 2.29. The summed E-state index contributed by atoms with van der Waals surface area (Å²) in [6.45, 7) is 0. The van der Waals surface area contributed by atoms with Gasteiger partial charge in [0, 0.05) is 17.1 Å². The molecule has 0 atom stereocenters. The van der Waals surface area contributed by atoms with E-state index in [2.05, 4.69) is 116 Å². The molecule has 0 heterocycles. The van der Waals surface area contributed by atoms with Crippen LogP contribution in [-0.2, 0) is 0 Å². The molecule has 124 valence electrons. The summed E-state index contributed by atoms with van der Waals surface area (Å²) < 4.78 is 0. The van der Waals surface area contributed by atoms with Crippen molar-refractivity contribution in [1.82, 2.24) is 0 Å². The van der Waals surface area contributed by atoms with Crippen LogP contribution < -0.4 is 10.4 Å². The highest BCUT2D eigenvalue weighted by Gasteiger charge is 2.12. The smallest absolute Gasteiger partial charge is 0.139 e. The van der Waals surface area contributed by atoms with Gasteiger partial charge in [-0.05, 0) is 47.5 Å². The zero-order valence-electron chi connectivity index (χ0n) is 14.8. The summed E-state index contributed by atoms with van der Waals surface area (Å²) in [6.07, 6.45) is 0. The van der Waals surface area contributed by atoms with Crippen molar-refractivity contribution in [2.45, 2.75) is 0 Å². The Labute approximate surface area is 156 Å². The van der Waals surface area contributed by atoms with Gasteiger partial charge in [-0.3, -0.25) is 0 Å². The van der Waals surface area contributed by atoms with E-state index < -0.39 is 0 Å². The molecule has 0 fully saturated rings. The van der Waals surface area contributed by atoms with Crippen LogP contribution in [0.5, 0.6) is 0 Å². The van der Waals surface area contributed by atoms with Gasteiger partial charge < -0.3 is 4.90 Å². The van der Waals surface area contributed by atoms with E-state index in [1.165, 1.54) is 22.3 Å². The van der Waals surface area contributed by atoms with Crippen LogP contribution >= 0.6 is 0 Å². The van der Waals surface area contributed by atoms with E-state index >= 15 is 0 Å². The number of hydrogen-bond donors (Lipinski definition) is 0. The summed E-state index contributed by atoms with van der Waals surface area (Å²) in [5.41, 5.74) is 7.20. The van der Waals surface area contributed by atoms with E-state index in [4.69, 9.17) is 0 Å². The normalized spacial score (nSPS) is 10.5. The summed E-state index contributed by atoms with van der Waals surface area (Å²) in [4.78, 5) is 2.29. The average Bonchev–Trinajstić information content (AvgIpc) is 2.70. The summed E-state index contributed by atoms with van der Waals surface area (Å²) in [5, 5.41) is 0. The van der Waals surface area contributed by atoms with E-state index in [0.717, 1.165) is 11.4 Å². The summed E-state index contributed by atoms with van der Waals surface area (Å²) in [6, 6.07) is 38.4. The Morgan fingerprint density at radius 1 is 0.462 bits per heavy atom. The molecular weight excluding hydrogens is 313 g/mol. The quantitative estimate of drug-likeness (QED) is 0.471. The van der Waals surface area contributed by atoms with Crippen molar-refractivity contribution in [3.05, 3.63) is 109 Å². The van der Waals surface area contributed by atoms with E-state index in [9.17, 15) is 0 Å². The van der Waals surface area contributed by atoms with Gasteiger partial charge in [0.1, 0.15) is 7.85 Å². The Morgan fingerprint density at radius 2 is 1.00 bits per heavy atom. The zero-order valence-corrected chi connectivity index (χ0v) is 14.8. The Balaban J connectivity index is 1.77. The van der Waals surface area contributed by atoms with Crippen molar-refractivity contribution in [3.8, 4) is 11.1 Å². The van der Waals surface area contributed by atoms with Crippen molar-refractivity contribution < 1.29 is 0 Å². The van der Waals surface area contributed by atoms with Crippen molar-refractivity contribution in [1.29, 1.82) is 0 Å². The van der Waals surface area contributed by atoms with Gasteiger partial charge in [-0.25, -0.2) is 0 Å². The maximum absolute atomic E-state index is 2.29. The molecule has 0 saturated carbocycles. The fraction of sp³-hybridized carbons (Fsp3) is 0. The number of rotatable bonds is 4. The van der Waals surface area contributed by atoms with E-state index in [0.29, 0.717) is 0 Å². The molecule has 1 nitrogen and oxygen atoms in total. The first-order chi connectivity index (χ1) is 12.8. The van der Waals surface area contributed by atoms with Gasteiger partial charge in [-0.2, -0.15) is 0 Å². The number of nitrogens with zero attached hydrogens (tertiary/aromatic N) is 1. The lowest BCUT2D eigenvalue weighted by Gasteiger charge is -2.26. The summed E-state index contributed by atoms with van der Waals surface area (Å²) in [7, 11) is 2.13. The van der Waals surface area contributed by atoms with Gasteiger partial charge in [0.15, 0.2) is 0 Å². The number of para-hydroxylation sites is 1. The predicted octanol–water partition coefficient (Wildman–Crippen LogP) is 5.08. The third-order valence-electron chi connectivity index (χ3n) is 4.51. The van der Waals surface area contributed by atoms with Crippen molar-refractivity contribution in [2.24, 2.45) is 0 Å². The second-order valence-corrected chi connectivity index (χ2v) is 6.42. The molecule has 4 aromatic carbocycles. The molecule has 0 saturated heterocycles. The Kier molecular flexibility index (Phi) is 4.57. The number of hydrogen-bond acceptors (Lipinski definition) is 1. The maximum Gasteiger partial charge on any atom is 0.139 e. The van der Waals surface area contributed by atoms with E-state index in [1.54, 1.807) is 0 Å². The molecule has 0 unspecified atom stereocenters. The minimum atomic E-state index is 1.15. The molecule has 26 heavy (non-hydrogen) atoms. The van der Waals surface area contributed by atoms with Gasteiger partial charge >= 0.3 is 0 Å². The van der Waals surface area contributed by atoms with Gasteiger partial charge in [-0.1, -0.05) is 78.3 Å². The highest BCUT2D eigenvalue weighted by Crippen LogP contribution is 2.34. The highest BCUT2D eigenvalue weighted by molar-refractivity contribution is 6.32. The fourth-order valence-electron chi connectivity index (χ4n) is 3.22. The van der Waals surface area contributed by atoms with Crippen molar-refractivity contribution in [3.63, 3.8) is 0 Å². The molecule has 2 heteroatoms. The van der Waals surface area contributed by atoms with Crippen molar-refractivity contribution >= 4 is 30.4 Å². The summed E-state index contributed by atoms with van der Waals surface area (Å²) in [5.74, 6) is 0. The first kappa shape index (κ1) is 16.2. The average molecular weight is 333 g/mol. The van der Waals surface area contributed by atoms with Gasteiger partial charge in [0.05, 0.1) is 0 Å². The van der Waals surface area contributed by atoms with Crippen LogP contribution in [-0.4, -0.2) is 7.85 Å². The minimum Gasteiger partial charge on any atom is -0.311 e. The molecule has 0 spiro atoms. The Bertz CT molecular complexity index is 979. The molecule has 0 bridgehead atoms. The molecule has 4 rings (SSSR count). The first-order valence-electron chi connectivity index (χ1n) is 8.88. The molecule has 0 aliphatic carbocycles. The van der Waals surface area contributed by atoms with Crippen LogP contribution in [0.15, 0.2) is 109 Å². The molecule has 0 radical (unpaired) electrons. The van der Waals surface area contributed by atoms with Crippen LogP contribution in [0.2, 0.25) is 0 Å². The third-order valence-corrected chi connectivity index (χ3v) is 4.51.